The van der Waals surface area contributed by atoms with Crippen LogP contribution >= 0.6 is 11.6 Å². The van der Waals surface area contributed by atoms with Crippen molar-refractivity contribution in [3.05, 3.63) is 53.3 Å². The van der Waals surface area contributed by atoms with Gasteiger partial charge in [-0.25, -0.2) is 4.39 Å². The zero-order chi connectivity index (χ0) is 17.8. The lowest BCUT2D eigenvalue weighted by atomic mass is 10.3. The van der Waals surface area contributed by atoms with Gasteiger partial charge in [-0.1, -0.05) is 17.7 Å². The summed E-state index contributed by atoms with van der Waals surface area (Å²) >= 11 is 5.66. The largest absolute Gasteiger partial charge is 0.484 e. The minimum atomic E-state index is -0.683. The van der Waals surface area contributed by atoms with Crippen LogP contribution in [0.1, 0.15) is 12.8 Å². The first-order chi connectivity index (χ1) is 12.0. The van der Waals surface area contributed by atoms with Crippen LogP contribution in [0.25, 0.3) is 0 Å². The third-order valence-electron chi connectivity index (χ3n) is 3.82. The van der Waals surface area contributed by atoms with E-state index >= 15 is 0 Å². The molecule has 0 bridgehead atoms. The van der Waals surface area contributed by atoms with Crippen molar-refractivity contribution >= 4 is 34.8 Å². The maximum absolute atomic E-state index is 13.7. The van der Waals surface area contributed by atoms with Crippen molar-refractivity contribution in [2.24, 2.45) is 0 Å². The van der Waals surface area contributed by atoms with E-state index in [-0.39, 0.29) is 23.2 Å². The van der Waals surface area contributed by atoms with Gasteiger partial charge in [0.05, 0.1) is 10.7 Å². The van der Waals surface area contributed by atoms with Gasteiger partial charge < -0.3 is 15.0 Å². The van der Waals surface area contributed by atoms with Crippen molar-refractivity contribution in [1.29, 1.82) is 0 Å². The molecule has 1 heterocycles. The Labute approximate surface area is 149 Å². The van der Waals surface area contributed by atoms with Gasteiger partial charge in [0.1, 0.15) is 5.75 Å². The molecule has 0 aliphatic carbocycles. The van der Waals surface area contributed by atoms with E-state index in [0.717, 1.165) is 12.1 Å². The summed E-state index contributed by atoms with van der Waals surface area (Å²) in [6.45, 7) is 0.445. The Morgan fingerprint density at radius 1 is 1.24 bits per heavy atom. The van der Waals surface area contributed by atoms with Crippen LogP contribution in [0.5, 0.6) is 5.75 Å². The standard InChI is InChI=1S/C18H16ClFN2O3/c19-14-3-1-4-15(18(14)20)21-16(23)11-25-13-8-6-12(7-9-13)22-10-2-5-17(22)24/h1,3-4,6-9H,2,5,10-11H2,(H,21,23). The van der Waals surface area contributed by atoms with Crippen LogP contribution in [0.15, 0.2) is 42.5 Å². The highest BCUT2D eigenvalue weighted by Crippen LogP contribution is 2.24. The van der Waals surface area contributed by atoms with Crippen molar-refractivity contribution in [2.75, 3.05) is 23.4 Å². The molecule has 2 aromatic carbocycles. The topological polar surface area (TPSA) is 58.6 Å². The molecular formula is C18H16ClFN2O3. The molecular weight excluding hydrogens is 347 g/mol. The summed E-state index contributed by atoms with van der Waals surface area (Å²) in [6, 6.07) is 11.3. The molecule has 2 aromatic rings. The second kappa shape index (κ2) is 7.53. The lowest BCUT2D eigenvalue weighted by molar-refractivity contribution is -0.118. The first kappa shape index (κ1) is 17.2. The van der Waals surface area contributed by atoms with Crippen LogP contribution < -0.4 is 15.0 Å². The number of halogens is 2. The molecule has 0 aromatic heterocycles. The van der Waals surface area contributed by atoms with Gasteiger partial charge in [-0.2, -0.15) is 0 Å². The van der Waals surface area contributed by atoms with Crippen molar-refractivity contribution in [2.45, 2.75) is 12.8 Å². The van der Waals surface area contributed by atoms with Crippen molar-refractivity contribution in [3.8, 4) is 5.75 Å². The normalized spacial score (nSPS) is 13.8. The van der Waals surface area contributed by atoms with Crippen molar-refractivity contribution in [1.82, 2.24) is 0 Å². The van der Waals surface area contributed by atoms with Gasteiger partial charge >= 0.3 is 0 Å². The van der Waals surface area contributed by atoms with E-state index in [1.165, 1.54) is 12.1 Å². The number of benzene rings is 2. The highest BCUT2D eigenvalue weighted by atomic mass is 35.5. The number of amides is 2. The number of anilines is 2. The maximum atomic E-state index is 13.7. The third kappa shape index (κ3) is 4.09. The van der Waals surface area contributed by atoms with Crippen LogP contribution in [0, 0.1) is 5.82 Å². The van der Waals surface area contributed by atoms with E-state index in [1.807, 2.05) is 0 Å². The average molecular weight is 363 g/mol. The van der Waals surface area contributed by atoms with Crippen LogP contribution in [-0.4, -0.2) is 25.0 Å². The zero-order valence-corrected chi connectivity index (χ0v) is 14.1. The molecule has 0 saturated carbocycles. The van der Waals surface area contributed by atoms with Gasteiger partial charge in [-0.05, 0) is 42.8 Å². The van der Waals surface area contributed by atoms with Crippen LogP contribution in [0.2, 0.25) is 5.02 Å². The minimum Gasteiger partial charge on any atom is -0.484 e. The highest BCUT2D eigenvalue weighted by Gasteiger charge is 2.21. The molecule has 1 N–H and O–H groups in total. The molecule has 0 radical (unpaired) electrons. The fourth-order valence-corrected chi connectivity index (χ4v) is 2.75. The number of nitrogens with one attached hydrogen (secondary N) is 1. The quantitative estimate of drug-likeness (QED) is 0.883. The summed E-state index contributed by atoms with van der Waals surface area (Å²) in [5.74, 6) is -0.592. The predicted octanol–water partition coefficient (Wildman–Crippen LogP) is 3.62. The molecule has 1 fully saturated rings. The molecule has 1 saturated heterocycles. The predicted molar refractivity (Wildman–Crippen MR) is 93.6 cm³/mol. The van der Waals surface area contributed by atoms with E-state index in [2.05, 4.69) is 5.32 Å². The maximum Gasteiger partial charge on any atom is 0.262 e. The van der Waals surface area contributed by atoms with E-state index in [9.17, 15) is 14.0 Å². The molecule has 1 aliphatic heterocycles. The van der Waals surface area contributed by atoms with Gasteiger partial charge in [0.25, 0.3) is 5.91 Å². The lowest BCUT2D eigenvalue weighted by Gasteiger charge is -2.16. The molecule has 25 heavy (non-hydrogen) atoms. The van der Waals surface area contributed by atoms with Gasteiger partial charge in [-0.15, -0.1) is 0 Å². The molecule has 1 aliphatic rings. The average Bonchev–Trinajstić information content (AvgIpc) is 3.04. The Balaban J connectivity index is 1.55. The van der Waals surface area contributed by atoms with E-state index < -0.39 is 11.7 Å². The summed E-state index contributed by atoms with van der Waals surface area (Å²) in [7, 11) is 0. The molecule has 0 unspecified atom stereocenters. The Morgan fingerprint density at radius 2 is 2.00 bits per heavy atom. The van der Waals surface area contributed by atoms with Crippen molar-refractivity contribution < 1.29 is 18.7 Å². The number of ether oxygens (including phenoxy) is 1. The number of carbonyl (C=O) groups is 2. The van der Waals surface area contributed by atoms with Crippen LogP contribution in [0.3, 0.4) is 0 Å². The second-order valence-electron chi connectivity index (χ2n) is 5.58. The summed E-state index contributed by atoms with van der Waals surface area (Å²) < 4.78 is 19.1. The third-order valence-corrected chi connectivity index (χ3v) is 4.11. The number of rotatable bonds is 5. The fourth-order valence-electron chi connectivity index (χ4n) is 2.58. The molecule has 0 atom stereocenters. The first-order valence-corrected chi connectivity index (χ1v) is 8.19. The zero-order valence-electron chi connectivity index (χ0n) is 13.3. The minimum absolute atomic E-state index is 0.00370. The lowest BCUT2D eigenvalue weighted by Crippen LogP contribution is -2.23. The van der Waals surface area contributed by atoms with Gasteiger partial charge in [-0.3, -0.25) is 9.59 Å². The molecule has 3 rings (SSSR count). The number of hydrogen-bond donors (Lipinski definition) is 1. The van der Waals surface area contributed by atoms with E-state index in [0.29, 0.717) is 18.7 Å². The summed E-state index contributed by atoms with van der Waals surface area (Å²) in [5.41, 5.74) is 0.810. The molecule has 7 heteroatoms. The molecule has 5 nitrogen and oxygen atoms in total. The first-order valence-electron chi connectivity index (χ1n) is 7.81. The number of carbonyl (C=O) groups excluding carboxylic acids is 2. The molecule has 2 amide bonds. The van der Waals surface area contributed by atoms with E-state index in [1.54, 1.807) is 35.2 Å². The Hall–Kier alpha value is -2.60. The van der Waals surface area contributed by atoms with Gasteiger partial charge in [0.15, 0.2) is 12.4 Å². The molecule has 0 spiro atoms. The summed E-state index contributed by atoms with van der Waals surface area (Å²) in [5, 5.41) is 2.34. The smallest absolute Gasteiger partial charge is 0.262 e. The Morgan fingerprint density at radius 3 is 2.68 bits per heavy atom. The van der Waals surface area contributed by atoms with Gasteiger partial charge in [0.2, 0.25) is 5.91 Å². The van der Waals surface area contributed by atoms with Crippen LogP contribution in [-0.2, 0) is 9.59 Å². The number of nitrogens with zero attached hydrogens (tertiary/aromatic N) is 1. The second-order valence-corrected chi connectivity index (χ2v) is 5.99. The Kier molecular flexibility index (Phi) is 5.19. The SMILES string of the molecule is O=C(COc1ccc(N2CCCC2=O)cc1)Nc1cccc(Cl)c1F. The highest BCUT2D eigenvalue weighted by molar-refractivity contribution is 6.31. The van der Waals surface area contributed by atoms with Crippen LogP contribution in [0.4, 0.5) is 15.8 Å². The van der Waals surface area contributed by atoms with E-state index in [4.69, 9.17) is 16.3 Å². The Bertz CT molecular complexity index is 795. The van der Waals surface area contributed by atoms with Gasteiger partial charge in [0, 0.05) is 18.7 Å². The summed E-state index contributed by atoms with van der Waals surface area (Å²) in [4.78, 5) is 25.3. The molecule has 130 valence electrons. The monoisotopic (exact) mass is 362 g/mol. The number of hydrogen-bond acceptors (Lipinski definition) is 3. The summed E-state index contributed by atoms with van der Waals surface area (Å²) in [6.07, 6.45) is 1.43. The van der Waals surface area contributed by atoms with Crippen molar-refractivity contribution in [3.63, 3.8) is 0 Å². The fraction of sp³-hybridized carbons (Fsp3) is 0.222.